The summed E-state index contributed by atoms with van der Waals surface area (Å²) >= 11 is 0. The zero-order valence-corrected chi connectivity index (χ0v) is 12.5. The van der Waals surface area contributed by atoms with Gasteiger partial charge in [0.25, 0.3) is 0 Å². The van der Waals surface area contributed by atoms with E-state index in [1.54, 1.807) is 7.11 Å². The fraction of sp³-hybridized carbons (Fsp3) is 0.625. The lowest BCUT2D eigenvalue weighted by atomic mass is 10.0. The number of hydrogen-bond acceptors (Lipinski definition) is 4. The molecular formula is C16H25NO3. The van der Waals surface area contributed by atoms with E-state index in [0.717, 1.165) is 37.8 Å². The molecule has 0 spiro atoms. The van der Waals surface area contributed by atoms with Gasteiger partial charge in [0.1, 0.15) is 0 Å². The molecule has 1 aliphatic rings. The molecule has 0 amide bonds. The Balaban J connectivity index is 1.84. The molecule has 1 heterocycles. The van der Waals surface area contributed by atoms with Crippen molar-refractivity contribution in [1.82, 2.24) is 5.32 Å². The van der Waals surface area contributed by atoms with E-state index in [2.05, 4.69) is 11.4 Å². The van der Waals surface area contributed by atoms with Crippen LogP contribution in [-0.2, 0) is 11.3 Å². The van der Waals surface area contributed by atoms with Gasteiger partial charge in [0.05, 0.1) is 20.3 Å². The Labute approximate surface area is 121 Å². The van der Waals surface area contributed by atoms with Gasteiger partial charge >= 0.3 is 0 Å². The predicted molar refractivity (Wildman–Crippen MR) is 79.4 cm³/mol. The molecule has 2 rings (SSSR count). The van der Waals surface area contributed by atoms with Gasteiger partial charge < -0.3 is 19.5 Å². The molecule has 1 aromatic rings. The van der Waals surface area contributed by atoms with Crippen LogP contribution in [0.1, 0.15) is 25.3 Å². The normalized spacial score (nSPS) is 18.8. The van der Waals surface area contributed by atoms with Crippen molar-refractivity contribution in [2.75, 3.05) is 33.5 Å². The molecule has 1 saturated heterocycles. The Bertz CT molecular complexity index is 403. The maximum atomic E-state index is 5.59. The zero-order chi connectivity index (χ0) is 14.2. The lowest BCUT2D eigenvalue weighted by Crippen LogP contribution is -2.28. The largest absolute Gasteiger partial charge is 0.493 e. The van der Waals surface area contributed by atoms with Gasteiger partial charge in [-0.25, -0.2) is 0 Å². The number of methoxy groups -OCH3 is 1. The third kappa shape index (κ3) is 4.39. The minimum atomic E-state index is 0.645. The van der Waals surface area contributed by atoms with Crippen molar-refractivity contribution in [3.8, 4) is 11.5 Å². The number of nitrogens with one attached hydrogen (secondary N) is 1. The second-order valence-electron chi connectivity index (χ2n) is 5.13. The molecule has 0 aliphatic carbocycles. The van der Waals surface area contributed by atoms with Crippen LogP contribution < -0.4 is 14.8 Å². The highest BCUT2D eigenvalue weighted by molar-refractivity contribution is 5.42. The predicted octanol–water partition coefficient (Wildman–Crippen LogP) is 2.61. The monoisotopic (exact) mass is 279 g/mol. The van der Waals surface area contributed by atoms with Gasteiger partial charge in [0.15, 0.2) is 11.5 Å². The summed E-state index contributed by atoms with van der Waals surface area (Å²) in [5.41, 5.74) is 1.21. The van der Waals surface area contributed by atoms with Crippen molar-refractivity contribution in [1.29, 1.82) is 0 Å². The molecule has 20 heavy (non-hydrogen) atoms. The first-order valence-corrected chi connectivity index (χ1v) is 7.41. The summed E-state index contributed by atoms with van der Waals surface area (Å²) in [6.07, 6.45) is 2.45. The molecule has 4 heteroatoms. The van der Waals surface area contributed by atoms with Crippen LogP contribution in [0.4, 0.5) is 0 Å². The number of benzene rings is 1. The molecule has 1 aliphatic heterocycles. The number of ether oxygens (including phenoxy) is 3. The van der Waals surface area contributed by atoms with Gasteiger partial charge in [-0.05, 0) is 43.4 Å². The zero-order valence-electron chi connectivity index (χ0n) is 12.5. The second kappa shape index (κ2) is 8.12. The lowest BCUT2D eigenvalue weighted by Gasteiger charge is -2.22. The summed E-state index contributed by atoms with van der Waals surface area (Å²) in [5, 5.41) is 3.50. The van der Waals surface area contributed by atoms with Crippen molar-refractivity contribution in [2.24, 2.45) is 5.92 Å². The third-order valence-electron chi connectivity index (χ3n) is 3.54. The second-order valence-corrected chi connectivity index (χ2v) is 5.13. The maximum Gasteiger partial charge on any atom is 0.161 e. The number of hydrogen-bond donors (Lipinski definition) is 1. The van der Waals surface area contributed by atoms with Gasteiger partial charge in [0, 0.05) is 19.7 Å². The molecule has 0 radical (unpaired) electrons. The molecule has 1 aromatic carbocycles. The lowest BCUT2D eigenvalue weighted by molar-refractivity contribution is 0.0547. The van der Waals surface area contributed by atoms with Crippen LogP contribution in [0.15, 0.2) is 18.2 Å². The van der Waals surface area contributed by atoms with E-state index in [0.29, 0.717) is 12.5 Å². The van der Waals surface area contributed by atoms with E-state index in [4.69, 9.17) is 14.2 Å². The first-order valence-electron chi connectivity index (χ1n) is 7.41. The van der Waals surface area contributed by atoms with Crippen LogP contribution in [-0.4, -0.2) is 33.5 Å². The van der Waals surface area contributed by atoms with Crippen molar-refractivity contribution < 1.29 is 14.2 Å². The number of rotatable bonds is 7. The minimum Gasteiger partial charge on any atom is -0.493 e. The van der Waals surface area contributed by atoms with Gasteiger partial charge in [-0.15, -0.1) is 0 Å². The smallest absolute Gasteiger partial charge is 0.161 e. The van der Waals surface area contributed by atoms with E-state index in [9.17, 15) is 0 Å². The van der Waals surface area contributed by atoms with Crippen LogP contribution in [0.2, 0.25) is 0 Å². The Morgan fingerprint density at radius 3 is 2.95 bits per heavy atom. The van der Waals surface area contributed by atoms with Gasteiger partial charge in [-0.3, -0.25) is 0 Å². The molecule has 1 fully saturated rings. The first-order chi connectivity index (χ1) is 9.83. The third-order valence-corrected chi connectivity index (χ3v) is 3.54. The van der Waals surface area contributed by atoms with Gasteiger partial charge in [-0.2, -0.15) is 0 Å². The Kier molecular flexibility index (Phi) is 6.15. The van der Waals surface area contributed by atoms with Crippen molar-refractivity contribution >= 4 is 0 Å². The summed E-state index contributed by atoms with van der Waals surface area (Å²) in [6, 6.07) is 6.09. The molecule has 0 saturated carbocycles. The highest BCUT2D eigenvalue weighted by Gasteiger charge is 2.13. The van der Waals surface area contributed by atoms with Crippen molar-refractivity contribution in [3.05, 3.63) is 23.8 Å². The maximum absolute atomic E-state index is 5.59. The Morgan fingerprint density at radius 2 is 2.25 bits per heavy atom. The first kappa shape index (κ1) is 15.1. The molecule has 112 valence electrons. The minimum absolute atomic E-state index is 0.645. The summed E-state index contributed by atoms with van der Waals surface area (Å²) in [6.45, 7) is 6.29. The van der Waals surface area contributed by atoms with Gasteiger partial charge in [0.2, 0.25) is 0 Å². The van der Waals surface area contributed by atoms with Crippen molar-refractivity contribution in [2.45, 2.75) is 26.3 Å². The standard InChI is InChI=1S/C16H25NO3/c1-3-20-16-9-13(6-7-15(16)18-2)10-17-11-14-5-4-8-19-12-14/h6-7,9,14,17H,3-5,8,10-12H2,1-2H3. The van der Waals surface area contributed by atoms with Crippen LogP contribution in [0.25, 0.3) is 0 Å². The SMILES string of the molecule is CCOc1cc(CNCC2CCCOC2)ccc1OC. The van der Waals surface area contributed by atoms with Crippen molar-refractivity contribution in [3.63, 3.8) is 0 Å². The van der Waals surface area contributed by atoms with Crippen LogP contribution in [0.5, 0.6) is 11.5 Å². The summed E-state index contributed by atoms with van der Waals surface area (Å²) in [4.78, 5) is 0. The van der Waals surface area contributed by atoms with Crippen LogP contribution in [0.3, 0.4) is 0 Å². The fourth-order valence-corrected chi connectivity index (χ4v) is 2.49. The molecule has 1 N–H and O–H groups in total. The fourth-order valence-electron chi connectivity index (χ4n) is 2.49. The Morgan fingerprint density at radius 1 is 1.35 bits per heavy atom. The quantitative estimate of drug-likeness (QED) is 0.833. The molecule has 0 aromatic heterocycles. The van der Waals surface area contributed by atoms with E-state index < -0.39 is 0 Å². The summed E-state index contributed by atoms with van der Waals surface area (Å²) < 4.78 is 16.4. The highest BCUT2D eigenvalue weighted by atomic mass is 16.5. The van der Waals surface area contributed by atoms with E-state index in [1.807, 2.05) is 19.1 Å². The average Bonchev–Trinajstić information content (AvgIpc) is 2.49. The molecule has 4 nitrogen and oxygen atoms in total. The molecule has 1 atom stereocenters. The average molecular weight is 279 g/mol. The molecular weight excluding hydrogens is 254 g/mol. The molecule has 1 unspecified atom stereocenters. The topological polar surface area (TPSA) is 39.7 Å². The van der Waals surface area contributed by atoms with Gasteiger partial charge in [-0.1, -0.05) is 6.07 Å². The highest BCUT2D eigenvalue weighted by Crippen LogP contribution is 2.28. The summed E-state index contributed by atoms with van der Waals surface area (Å²) in [5.74, 6) is 2.25. The Hall–Kier alpha value is -1.26. The van der Waals surface area contributed by atoms with E-state index in [-0.39, 0.29) is 0 Å². The summed E-state index contributed by atoms with van der Waals surface area (Å²) in [7, 11) is 1.67. The van der Waals surface area contributed by atoms with Crippen LogP contribution >= 0.6 is 0 Å². The van der Waals surface area contributed by atoms with E-state index >= 15 is 0 Å². The van der Waals surface area contributed by atoms with Crippen LogP contribution in [0, 0.1) is 5.92 Å². The van der Waals surface area contributed by atoms with E-state index in [1.165, 1.54) is 18.4 Å². The molecule has 0 bridgehead atoms.